The van der Waals surface area contributed by atoms with Crippen LogP contribution in [-0.2, 0) is 9.47 Å². The molecule has 1 spiro atoms. The Bertz CT molecular complexity index is 470. The maximum atomic E-state index is 12.0. The van der Waals surface area contributed by atoms with Gasteiger partial charge in [0.05, 0.1) is 25.0 Å². The van der Waals surface area contributed by atoms with E-state index >= 15 is 0 Å². The summed E-state index contributed by atoms with van der Waals surface area (Å²) in [7, 11) is 0. The number of amides is 1. The molecule has 1 amide bonds. The molecule has 1 aliphatic carbocycles. The average Bonchev–Trinajstić information content (AvgIpc) is 3.08. The third-order valence-electron chi connectivity index (χ3n) is 4.31. The number of rotatable bonds is 3. The molecule has 0 atom stereocenters. The van der Waals surface area contributed by atoms with Crippen LogP contribution >= 0.6 is 0 Å². The largest absolute Gasteiger partial charge is 0.352 e. The van der Waals surface area contributed by atoms with Crippen molar-refractivity contribution >= 4 is 5.91 Å². The minimum atomic E-state index is -0.318. The predicted molar refractivity (Wildman–Crippen MR) is 72.3 cm³/mol. The van der Waals surface area contributed by atoms with Crippen LogP contribution in [0.15, 0.2) is 6.20 Å². The fraction of sp³-hybridized carbons (Fsp3) is 0.714. The first kappa shape index (κ1) is 13.6. The molecule has 20 heavy (non-hydrogen) atoms. The van der Waals surface area contributed by atoms with E-state index in [0.29, 0.717) is 31.2 Å². The maximum absolute atomic E-state index is 12.0. The molecular formula is C14H21N3O3. The second-order valence-electron chi connectivity index (χ2n) is 5.67. The molecule has 110 valence electrons. The highest BCUT2D eigenvalue weighted by Gasteiger charge is 2.40. The number of ether oxygens (including phenoxy) is 2. The fourth-order valence-corrected chi connectivity index (χ4v) is 3.02. The first-order chi connectivity index (χ1) is 9.69. The van der Waals surface area contributed by atoms with Gasteiger partial charge in [0.1, 0.15) is 0 Å². The molecule has 2 N–H and O–H groups in total. The van der Waals surface area contributed by atoms with Gasteiger partial charge in [-0.05, 0) is 25.7 Å². The number of carbonyl (C=O) groups is 1. The number of hydrogen-bond donors (Lipinski definition) is 2. The van der Waals surface area contributed by atoms with Crippen molar-refractivity contribution in [3.05, 3.63) is 17.5 Å². The predicted octanol–water partition coefficient (Wildman–Crippen LogP) is 1.38. The van der Waals surface area contributed by atoms with Crippen LogP contribution in [0.4, 0.5) is 0 Å². The van der Waals surface area contributed by atoms with Crippen LogP contribution in [0.1, 0.15) is 41.7 Å². The normalized spacial score (nSPS) is 22.2. The lowest BCUT2D eigenvalue weighted by Crippen LogP contribution is -2.38. The summed E-state index contributed by atoms with van der Waals surface area (Å²) in [5.74, 6) is 0.135. The number of hydrogen-bond acceptors (Lipinski definition) is 4. The van der Waals surface area contributed by atoms with E-state index in [1.807, 2.05) is 6.92 Å². The van der Waals surface area contributed by atoms with Crippen molar-refractivity contribution in [1.82, 2.24) is 15.5 Å². The number of aryl methyl sites for hydroxylation is 1. The third kappa shape index (κ3) is 2.71. The van der Waals surface area contributed by atoms with E-state index in [-0.39, 0.29) is 11.7 Å². The summed E-state index contributed by atoms with van der Waals surface area (Å²) >= 11 is 0. The molecule has 2 fully saturated rings. The van der Waals surface area contributed by atoms with Gasteiger partial charge >= 0.3 is 0 Å². The number of H-pyrrole nitrogens is 1. The van der Waals surface area contributed by atoms with Gasteiger partial charge in [0.25, 0.3) is 5.91 Å². The van der Waals surface area contributed by atoms with E-state index in [9.17, 15) is 4.79 Å². The Kier molecular flexibility index (Phi) is 3.76. The third-order valence-corrected chi connectivity index (χ3v) is 4.31. The minimum Gasteiger partial charge on any atom is -0.352 e. The summed E-state index contributed by atoms with van der Waals surface area (Å²) in [5, 5.41) is 9.64. The number of nitrogens with zero attached hydrogens (tertiary/aromatic N) is 1. The van der Waals surface area contributed by atoms with Crippen molar-refractivity contribution in [3.8, 4) is 0 Å². The Labute approximate surface area is 118 Å². The average molecular weight is 279 g/mol. The topological polar surface area (TPSA) is 76.2 Å². The van der Waals surface area contributed by atoms with Gasteiger partial charge in [-0.3, -0.25) is 9.89 Å². The molecule has 1 saturated heterocycles. The van der Waals surface area contributed by atoms with Crippen LogP contribution in [0, 0.1) is 12.8 Å². The summed E-state index contributed by atoms with van der Waals surface area (Å²) < 4.78 is 11.4. The van der Waals surface area contributed by atoms with Gasteiger partial charge in [0.15, 0.2) is 5.79 Å². The molecule has 1 aromatic heterocycles. The van der Waals surface area contributed by atoms with Crippen molar-refractivity contribution in [2.45, 2.75) is 38.4 Å². The lowest BCUT2D eigenvalue weighted by Gasteiger charge is -2.35. The van der Waals surface area contributed by atoms with Gasteiger partial charge in [-0.15, -0.1) is 0 Å². The Balaban J connectivity index is 1.46. The zero-order valence-electron chi connectivity index (χ0n) is 11.8. The van der Waals surface area contributed by atoms with Gasteiger partial charge in [-0.1, -0.05) is 0 Å². The number of aromatic amines is 1. The van der Waals surface area contributed by atoms with Crippen LogP contribution in [0.5, 0.6) is 0 Å². The van der Waals surface area contributed by atoms with Crippen LogP contribution in [0.3, 0.4) is 0 Å². The van der Waals surface area contributed by atoms with Gasteiger partial charge in [0, 0.05) is 25.1 Å². The molecular weight excluding hydrogens is 258 g/mol. The lowest BCUT2D eigenvalue weighted by molar-refractivity contribution is -0.182. The zero-order chi connectivity index (χ0) is 14.0. The van der Waals surface area contributed by atoms with Crippen molar-refractivity contribution in [1.29, 1.82) is 0 Å². The smallest absolute Gasteiger partial charge is 0.254 e. The standard InChI is InChI=1S/C14H21N3O3/c1-10-12(9-16-17-10)13(18)15-8-11-2-4-14(5-3-11)19-6-7-20-14/h9,11H,2-8H2,1H3,(H,15,18)(H,16,17). The summed E-state index contributed by atoms with van der Waals surface area (Å²) in [6.45, 7) is 3.98. The molecule has 2 aliphatic rings. The second-order valence-corrected chi connectivity index (χ2v) is 5.67. The molecule has 0 unspecified atom stereocenters. The van der Waals surface area contributed by atoms with Crippen LogP contribution in [0.25, 0.3) is 0 Å². The van der Waals surface area contributed by atoms with E-state index in [0.717, 1.165) is 31.4 Å². The van der Waals surface area contributed by atoms with Gasteiger partial charge in [-0.25, -0.2) is 0 Å². The zero-order valence-corrected chi connectivity index (χ0v) is 11.8. The molecule has 3 rings (SSSR count). The van der Waals surface area contributed by atoms with Crippen molar-refractivity contribution in [2.24, 2.45) is 5.92 Å². The molecule has 0 radical (unpaired) electrons. The lowest BCUT2D eigenvalue weighted by atomic mass is 9.85. The van der Waals surface area contributed by atoms with E-state index in [4.69, 9.17) is 9.47 Å². The molecule has 1 aromatic rings. The maximum Gasteiger partial charge on any atom is 0.254 e. The van der Waals surface area contributed by atoms with Gasteiger partial charge in [-0.2, -0.15) is 5.10 Å². The highest BCUT2D eigenvalue weighted by atomic mass is 16.7. The molecule has 1 saturated carbocycles. The Morgan fingerprint density at radius 1 is 1.45 bits per heavy atom. The van der Waals surface area contributed by atoms with Gasteiger partial charge in [0.2, 0.25) is 0 Å². The van der Waals surface area contributed by atoms with Crippen LogP contribution in [-0.4, -0.2) is 41.7 Å². The van der Waals surface area contributed by atoms with E-state index < -0.39 is 0 Å². The van der Waals surface area contributed by atoms with Crippen LogP contribution in [0.2, 0.25) is 0 Å². The molecule has 6 nitrogen and oxygen atoms in total. The SMILES string of the molecule is Cc1[nH]ncc1C(=O)NCC1CCC2(CC1)OCCO2. The van der Waals surface area contributed by atoms with Crippen molar-refractivity contribution in [3.63, 3.8) is 0 Å². The second kappa shape index (κ2) is 5.54. The molecule has 0 bridgehead atoms. The monoisotopic (exact) mass is 279 g/mol. The van der Waals surface area contributed by atoms with E-state index in [2.05, 4.69) is 15.5 Å². The molecule has 2 heterocycles. The number of aromatic nitrogens is 2. The first-order valence-corrected chi connectivity index (χ1v) is 7.25. The number of carbonyl (C=O) groups excluding carboxylic acids is 1. The van der Waals surface area contributed by atoms with E-state index in [1.54, 1.807) is 6.20 Å². The highest BCUT2D eigenvalue weighted by Crippen LogP contribution is 2.37. The van der Waals surface area contributed by atoms with Crippen molar-refractivity contribution in [2.75, 3.05) is 19.8 Å². The van der Waals surface area contributed by atoms with Gasteiger partial charge < -0.3 is 14.8 Å². The fourth-order valence-electron chi connectivity index (χ4n) is 3.02. The Morgan fingerprint density at radius 2 is 2.15 bits per heavy atom. The Morgan fingerprint density at radius 3 is 2.75 bits per heavy atom. The Hall–Kier alpha value is -1.40. The highest BCUT2D eigenvalue weighted by molar-refractivity contribution is 5.94. The summed E-state index contributed by atoms with van der Waals surface area (Å²) in [6.07, 6.45) is 5.49. The van der Waals surface area contributed by atoms with Crippen molar-refractivity contribution < 1.29 is 14.3 Å². The minimum absolute atomic E-state index is 0.0510. The molecule has 6 heteroatoms. The quantitative estimate of drug-likeness (QED) is 0.876. The number of nitrogens with one attached hydrogen (secondary N) is 2. The summed E-state index contributed by atoms with van der Waals surface area (Å²) in [6, 6.07) is 0. The first-order valence-electron chi connectivity index (χ1n) is 7.25. The van der Waals surface area contributed by atoms with E-state index in [1.165, 1.54) is 0 Å². The molecule has 1 aliphatic heterocycles. The molecule has 0 aromatic carbocycles. The summed E-state index contributed by atoms with van der Waals surface area (Å²) in [4.78, 5) is 12.0. The van der Waals surface area contributed by atoms with Crippen LogP contribution < -0.4 is 5.32 Å². The summed E-state index contributed by atoms with van der Waals surface area (Å²) in [5.41, 5.74) is 1.43.